The van der Waals surface area contributed by atoms with Crippen molar-refractivity contribution in [1.29, 1.82) is 0 Å². The van der Waals surface area contributed by atoms with Crippen LogP contribution in [0.5, 0.6) is 5.75 Å². The summed E-state index contributed by atoms with van der Waals surface area (Å²) < 4.78 is 9.69. The second kappa shape index (κ2) is 8.65. The number of pyridine rings is 1. The van der Waals surface area contributed by atoms with Crippen LogP contribution < -0.4 is 10.1 Å². The highest BCUT2D eigenvalue weighted by molar-refractivity contribution is 7.99. The van der Waals surface area contributed by atoms with E-state index in [1.54, 1.807) is 6.92 Å². The molecule has 4 aromatic rings. The lowest BCUT2D eigenvalue weighted by atomic mass is 10.2. The van der Waals surface area contributed by atoms with Crippen LogP contribution in [0.2, 0.25) is 0 Å². The molecule has 4 heterocycles. The van der Waals surface area contributed by atoms with E-state index in [0.717, 1.165) is 33.5 Å². The number of anilines is 1. The lowest BCUT2D eigenvalue weighted by Crippen LogP contribution is -2.15. The Kier molecular flexibility index (Phi) is 5.57. The molecule has 0 fully saturated rings. The van der Waals surface area contributed by atoms with Crippen LogP contribution in [0.1, 0.15) is 21.9 Å². The highest BCUT2D eigenvalue weighted by Crippen LogP contribution is 2.36. The molecule has 3 aromatic heterocycles. The van der Waals surface area contributed by atoms with Crippen molar-refractivity contribution in [2.45, 2.75) is 33.3 Å². The number of hydrogen-bond acceptors (Lipinski definition) is 10. The standard InChI is InChI=1S/C19H15N7O2S3/c1-10-22-19(31-26-10)24-17(27)16-14(4-5-15(23-16)30-18-20-9-21-25-18)29-12-2-3-13-11(8-12)6-7-28-13/h2-5,8-9H,6-7H2,1H3,(H,20,21,25)(H,22,24,26,27). The fraction of sp³-hybridized carbons (Fsp3) is 0.158. The summed E-state index contributed by atoms with van der Waals surface area (Å²) in [7, 11) is 0. The van der Waals surface area contributed by atoms with E-state index in [-0.39, 0.29) is 5.91 Å². The predicted octanol–water partition coefficient (Wildman–Crippen LogP) is 3.85. The average Bonchev–Trinajstić information content (AvgIpc) is 3.51. The maximum Gasteiger partial charge on any atom is 0.277 e. The lowest BCUT2D eigenvalue weighted by Gasteiger charge is -2.10. The summed E-state index contributed by atoms with van der Waals surface area (Å²) >= 11 is 3.91. The number of nitrogens with zero attached hydrogens (tertiary/aromatic N) is 5. The third-order valence-corrected chi connectivity index (χ3v) is 6.87. The van der Waals surface area contributed by atoms with Gasteiger partial charge in [-0.2, -0.15) is 4.37 Å². The Morgan fingerprint density at radius 3 is 2.97 bits per heavy atom. The van der Waals surface area contributed by atoms with Crippen molar-refractivity contribution >= 4 is 46.1 Å². The van der Waals surface area contributed by atoms with Gasteiger partial charge in [-0.1, -0.05) is 11.8 Å². The highest BCUT2D eigenvalue weighted by atomic mass is 32.2. The first-order valence-electron chi connectivity index (χ1n) is 9.24. The van der Waals surface area contributed by atoms with Crippen molar-refractivity contribution < 1.29 is 9.53 Å². The molecule has 31 heavy (non-hydrogen) atoms. The van der Waals surface area contributed by atoms with Gasteiger partial charge in [-0.25, -0.2) is 9.97 Å². The molecule has 0 spiro atoms. The second-order valence-electron chi connectivity index (χ2n) is 6.46. The maximum absolute atomic E-state index is 13.1. The summed E-state index contributed by atoms with van der Waals surface area (Å²) in [5, 5.41) is 12.2. The van der Waals surface area contributed by atoms with Gasteiger partial charge < -0.3 is 9.72 Å². The molecular weight excluding hydrogens is 454 g/mol. The minimum atomic E-state index is -0.344. The number of hydrogen-bond donors (Lipinski definition) is 2. The quantitative estimate of drug-likeness (QED) is 0.434. The summed E-state index contributed by atoms with van der Waals surface area (Å²) in [5.74, 6) is 1.19. The summed E-state index contributed by atoms with van der Waals surface area (Å²) in [6.45, 7) is 2.48. The van der Waals surface area contributed by atoms with Crippen molar-refractivity contribution in [2.24, 2.45) is 0 Å². The van der Waals surface area contributed by atoms with Gasteiger partial charge in [0.1, 0.15) is 28.6 Å². The van der Waals surface area contributed by atoms with E-state index >= 15 is 0 Å². The molecule has 0 atom stereocenters. The number of benzene rings is 1. The van der Waals surface area contributed by atoms with E-state index in [1.165, 1.54) is 35.4 Å². The summed E-state index contributed by atoms with van der Waals surface area (Å²) in [5.41, 5.74) is 1.48. The number of carbonyl (C=O) groups excluding carboxylic acids is 1. The number of H-pyrrole nitrogens is 1. The number of nitrogens with one attached hydrogen (secondary N) is 2. The van der Waals surface area contributed by atoms with E-state index in [0.29, 0.717) is 33.4 Å². The number of aromatic amines is 1. The predicted molar refractivity (Wildman–Crippen MR) is 117 cm³/mol. The summed E-state index contributed by atoms with van der Waals surface area (Å²) in [4.78, 5) is 26.5. The van der Waals surface area contributed by atoms with Crippen molar-refractivity contribution in [1.82, 2.24) is 29.5 Å². The molecule has 156 valence electrons. The number of fused-ring (bicyclic) bond motifs is 1. The van der Waals surface area contributed by atoms with Gasteiger partial charge in [-0.15, -0.1) is 10.2 Å². The maximum atomic E-state index is 13.1. The monoisotopic (exact) mass is 469 g/mol. The molecule has 0 saturated carbocycles. The molecule has 5 rings (SSSR count). The van der Waals surface area contributed by atoms with Gasteiger partial charge in [0, 0.05) is 27.7 Å². The smallest absolute Gasteiger partial charge is 0.277 e. The number of amides is 1. The van der Waals surface area contributed by atoms with Crippen LogP contribution in [0.3, 0.4) is 0 Å². The first-order valence-corrected chi connectivity index (χ1v) is 11.6. The largest absolute Gasteiger partial charge is 0.493 e. The van der Waals surface area contributed by atoms with Gasteiger partial charge >= 0.3 is 0 Å². The summed E-state index contributed by atoms with van der Waals surface area (Å²) in [6.07, 6.45) is 2.38. The molecular formula is C19H15N7O2S3. The number of rotatable bonds is 6. The van der Waals surface area contributed by atoms with E-state index in [4.69, 9.17) is 4.74 Å². The molecule has 0 aliphatic carbocycles. The second-order valence-corrected chi connectivity index (χ2v) is 9.34. The Morgan fingerprint density at radius 2 is 2.16 bits per heavy atom. The zero-order valence-electron chi connectivity index (χ0n) is 16.2. The van der Waals surface area contributed by atoms with E-state index < -0.39 is 0 Å². The summed E-state index contributed by atoms with van der Waals surface area (Å²) in [6, 6.07) is 9.80. The fourth-order valence-corrected chi connectivity index (χ4v) is 5.13. The molecule has 1 aromatic carbocycles. The highest BCUT2D eigenvalue weighted by Gasteiger charge is 2.19. The Labute approximate surface area is 189 Å². The molecule has 1 aliphatic rings. The zero-order valence-corrected chi connectivity index (χ0v) is 18.6. The molecule has 2 N–H and O–H groups in total. The van der Waals surface area contributed by atoms with Crippen LogP contribution in [-0.2, 0) is 6.42 Å². The van der Waals surface area contributed by atoms with Crippen molar-refractivity contribution in [3.8, 4) is 5.75 Å². The molecule has 0 saturated heterocycles. The zero-order chi connectivity index (χ0) is 21.2. The Morgan fingerprint density at radius 1 is 1.23 bits per heavy atom. The van der Waals surface area contributed by atoms with Crippen LogP contribution in [0, 0.1) is 6.92 Å². The average molecular weight is 470 g/mol. The van der Waals surface area contributed by atoms with Crippen molar-refractivity contribution in [3.05, 3.63) is 53.7 Å². The molecule has 12 heteroatoms. The van der Waals surface area contributed by atoms with Crippen LogP contribution in [0.25, 0.3) is 0 Å². The molecule has 1 aliphatic heterocycles. The number of carbonyl (C=O) groups is 1. The van der Waals surface area contributed by atoms with Crippen LogP contribution in [-0.4, -0.2) is 42.0 Å². The van der Waals surface area contributed by atoms with Gasteiger partial charge in [-0.3, -0.25) is 10.1 Å². The Bertz CT molecular complexity index is 1240. The van der Waals surface area contributed by atoms with Crippen LogP contribution in [0.15, 0.2) is 56.6 Å². The van der Waals surface area contributed by atoms with Crippen LogP contribution in [0.4, 0.5) is 5.13 Å². The van der Waals surface area contributed by atoms with E-state index in [1.807, 2.05) is 24.3 Å². The Balaban J connectivity index is 1.45. The molecule has 1 amide bonds. The van der Waals surface area contributed by atoms with Gasteiger partial charge in [0.25, 0.3) is 5.91 Å². The third-order valence-electron chi connectivity index (χ3n) is 4.28. The first-order chi connectivity index (χ1) is 15.1. The first kappa shape index (κ1) is 20.0. The normalized spacial score (nSPS) is 12.4. The minimum absolute atomic E-state index is 0.305. The number of aromatic nitrogens is 6. The molecule has 9 nitrogen and oxygen atoms in total. The molecule has 0 bridgehead atoms. The topological polar surface area (TPSA) is 119 Å². The molecule has 0 radical (unpaired) electrons. The van der Waals surface area contributed by atoms with E-state index in [2.05, 4.69) is 40.9 Å². The molecule has 0 unspecified atom stereocenters. The van der Waals surface area contributed by atoms with Crippen molar-refractivity contribution in [3.63, 3.8) is 0 Å². The van der Waals surface area contributed by atoms with Gasteiger partial charge in [-0.05, 0) is 54.6 Å². The van der Waals surface area contributed by atoms with Gasteiger partial charge in [0.05, 0.1) is 6.61 Å². The fourth-order valence-electron chi connectivity index (χ4n) is 2.93. The SMILES string of the molecule is Cc1nsc(NC(=O)c2nc(Sc3nnc[nH]3)ccc2Sc2ccc3c(c2)CCO3)n1. The van der Waals surface area contributed by atoms with Gasteiger partial charge in [0.15, 0.2) is 5.16 Å². The Hall–Kier alpha value is -2.96. The van der Waals surface area contributed by atoms with Gasteiger partial charge in [0.2, 0.25) is 5.13 Å². The van der Waals surface area contributed by atoms with E-state index in [9.17, 15) is 4.79 Å². The minimum Gasteiger partial charge on any atom is -0.493 e. The van der Waals surface area contributed by atoms with Crippen LogP contribution >= 0.6 is 35.1 Å². The number of aryl methyl sites for hydroxylation is 1. The number of ether oxygens (including phenoxy) is 1. The third kappa shape index (κ3) is 4.55. The van der Waals surface area contributed by atoms with Crippen molar-refractivity contribution in [2.75, 3.05) is 11.9 Å². The lowest BCUT2D eigenvalue weighted by molar-refractivity contribution is 0.101.